The van der Waals surface area contributed by atoms with Gasteiger partial charge >= 0.3 is 6.36 Å². The SMILES string of the molecule is Nc1ccc2c3c(c(C(=O)NC4CCCNC4)sc13)C(N)C(=O)C2(N)c1ccc(OC(F)(F)F)cc1. The van der Waals surface area contributed by atoms with Crippen molar-refractivity contribution in [3.63, 3.8) is 0 Å². The number of halogens is 3. The van der Waals surface area contributed by atoms with Crippen molar-refractivity contribution in [2.75, 3.05) is 18.8 Å². The van der Waals surface area contributed by atoms with E-state index in [2.05, 4.69) is 15.4 Å². The number of ether oxygens (including phenoxy) is 1. The monoisotopic (exact) mass is 519 g/mol. The fourth-order valence-electron chi connectivity index (χ4n) is 4.99. The van der Waals surface area contributed by atoms with Gasteiger partial charge in [-0.25, -0.2) is 0 Å². The lowest BCUT2D eigenvalue weighted by atomic mass is 9.70. The number of ketones is 1. The van der Waals surface area contributed by atoms with Crippen molar-refractivity contribution in [1.82, 2.24) is 10.6 Å². The molecule has 0 spiro atoms. The highest BCUT2D eigenvalue weighted by Crippen LogP contribution is 2.49. The van der Waals surface area contributed by atoms with E-state index in [1.54, 1.807) is 12.1 Å². The molecule has 0 bridgehead atoms. The zero-order chi connectivity index (χ0) is 25.8. The summed E-state index contributed by atoms with van der Waals surface area (Å²) in [6.45, 7) is 1.53. The number of carbonyl (C=O) groups is 2. The van der Waals surface area contributed by atoms with E-state index in [-0.39, 0.29) is 17.5 Å². The van der Waals surface area contributed by atoms with Gasteiger partial charge in [-0.3, -0.25) is 9.59 Å². The fourth-order valence-corrected chi connectivity index (χ4v) is 6.20. The number of carbonyl (C=O) groups excluding carboxylic acids is 2. The van der Waals surface area contributed by atoms with Crippen LogP contribution in [0.5, 0.6) is 5.75 Å². The van der Waals surface area contributed by atoms with Crippen LogP contribution in [0.15, 0.2) is 36.4 Å². The molecule has 3 unspecified atom stereocenters. The highest BCUT2D eigenvalue weighted by molar-refractivity contribution is 7.21. The Kier molecular flexibility index (Phi) is 5.94. The molecule has 36 heavy (non-hydrogen) atoms. The summed E-state index contributed by atoms with van der Waals surface area (Å²) in [5, 5.41) is 6.78. The van der Waals surface area contributed by atoms with Crippen molar-refractivity contribution in [3.05, 3.63) is 58.0 Å². The minimum atomic E-state index is -4.86. The number of amides is 1. The molecule has 1 saturated heterocycles. The van der Waals surface area contributed by atoms with Crippen molar-refractivity contribution in [2.24, 2.45) is 11.5 Å². The van der Waals surface area contributed by atoms with Crippen LogP contribution in [0.1, 0.15) is 45.2 Å². The van der Waals surface area contributed by atoms with Crippen LogP contribution in [0.25, 0.3) is 10.1 Å². The van der Waals surface area contributed by atoms with Gasteiger partial charge in [0, 0.05) is 29.2 Å². The summed E-state index contributed by atoms with van der Waals surface area (Å²) < 4.78 is 42.3. The maximum atomic E-state index is 13.7. The molecule has 5 rings (SSSR count). The highest BCUT2D eigenvalue weighted by Gasteiger charge is 2.49. The smallest absolute Gasteiger partial charge is 0.406 e. The third-order valence-corrected chi connectivity index (χ3v) is 7.95. The van der Waals surface area contributed by atoms with Crippen molar-refractivity contribution < 1.29 is 27.5 Å². The number of hydrogen-bond donors (Lipinski definition) is 5. The molecule has 1 fully saturated rings. The number of nitrogens with one attached hydrogen (secondary N) is 2. The van der Waals surface area contributed by atoms with Gasteiger partial charge in [0.25, 0.3) is 5.91 Å². The molecule has 3 aromatic rings. The second-order valence-corrected chi connectivity index (χ2v) is 10.0. The number of hydrogen-bond acceptors (Lipinski definition) is 8. The van der Waals surface area contributed by atoms with E-state index in [0.29, 0.717) is 38.3 Å². The molecule has 190 valence electrons. The summed E-state index contributed by atoms with van der Waals surface area (Å²) in [5.74, 6) is -1.37. The highest BCUT2D eigenvalue weighted by atomic mass is 32.1. The second kappa shape index (κ2) is 8.73. The lowest BCUT2D eigenvalue weighted by Gasteiger charge is -2.36. The van der Waals surface area contributed by atoms with Gasteiger partial charge in [0.15, 0.2) is 5.78 Å². The molecular weight excluding hydrogens is 495 g/mol. The van der Waals surface area contributed by atoms with Crippen molar-refractivity contribution >= 4 is 38.8 Å². The van der Waals surface area contributed by atoms with Crippen LogP contribution in [0, 0.1) is 0 Å². The van der Waals surface area contributed by atoms with Gasteiger partial charge in [-0.2, -0.15) is 0 Å². The van der Waals surface area contributed by atoms with Gasteiger partial charge < -0.3 is 32.6 Å². The summed E-state index contributed by atoms with van der Waals surface area (Å²) >= 11 is 1.15. The first-order valence-corrected chi connectivity index (χ1v) is 12.1. The van der Waals surface area contributed by atoms with E-state index in [9.17, 15) is 22.8 Å². The van der Waals surface area contributed by atoms with E-state index in [0.717, 1.165) is 42.9 Å². The number of nitrogens with two attached hydrogens (primary N) is 3. The minimum Gasteiger partial charge on any atom is -0.406 e. The first-order valence-electron chi connectivity index (χ1n) is 11.3. The predicted molar refractivity (Wildman–Crippen MR) is 130 cm³/mol. The summed E-state index contributed by atoms with van der Waals surface area (Å²) in [7, 11) is 0. The van der Waals surface area contributed by atoms with E-state index >= 15 is 0 Å². The molecular formula is C24H24F3N5O3S. The van der Waals surface area contributed by atoms with Crippen LogP contribution in [0.2, 0.25) is 0 Å². The maximum Gasteiger partial charge on any atom is 0.573 e. The molecule has 12 heteroatoms. The third-order valence-electron chi connectivity index (χ3n) is 6.69. The number of alkyl halides is 3. The van der Waals surface area contributed by atoms with Gasteiger partial charge in [0.1, 0.15) is 11.3 Å². The van der Waals surface area contributed by atoms with Gasteiger partial charge in [0.05, 0.1) is 15.6 Å². The number of Topliss-reactive ketones (excluding diaryl/α,β-unsaturated/α-hetero) is 1. The number of nitrogen functional groups attached to an aromatic ring is 1. The number of rotatable bonds is 4. The van der Waals surface area contributed by atoms with Crippen LogP contribution in [0.3, 0.4) is 0 Å². The summed E-state index contributed by atoms with van der Waals surface area (Å²) in [6, 6.07) is 6.68. The standard InChI is InChI=1S/C24H24F3N5O3S/c25-24(26,27)35-13-5-3-11(4-6-13)23(30)14-7-8-15(28)19-16(14)17(18(29)21(23)33)20(36-19)22(34)32-12-2-1-9-31-10-12/h3-8,12,18,31H,1-2,9-10,28-30H2,(H,32,34). The Labute approximate surface area is 208 Å². The Morgan fingerprint density at radius 3 is 2.56 bits per heavy atom. The molecule has 1 aliphatic heterocycles. The third kappa shape index (κ3) is 3.99. The van der Waals surface area contributed by atoms with Crippen LogP contribution in [0.4, 0.5) is 18.9 Å². The van der Waals surface area contributed by atoms with Crippen LogP contribution in [-0.2, 0) is 10.3 Å². The largest absolute Gasteiger partial charge is 0.573 e. The van der Waals surface area contributed by atoms with E-state index in [4.69, 9.17) is 17.2 Å². The lowest BCUT2D eigenvalue weighted by molar-refractivity contribution is -0.274. The quantitative estimate of drug-likeness (QED) is 0.333. The molecule has 1 aromatic heterocycles. The van der Waals surface area contributed by atoms with Crippen LogP contribution >= 0.6 is 11.3 Å². The predicted octanol–water partition coefficient (Wildman–Crippen LogP) is 2.65. The zero-order valence-corrected chi connectivity index (χ0v) is 19.8. The molecule has 0 saturated carbocycles. The van der Waals surface area contributed by atoms with E-state index < -0.39 is 29.5 Å². The Morgan fingerprint density at radius 2 is 1.92 bits per heavy atom. The number of thiophene rings is 1. The topological polar surface area (TPSA) is 145 Å². The second-order valence-electron chi connectivity index (χ2n) is 8.99. The molecule has 8 N–H and O–H groups in total. The van der Waals surface area contributed by atoms with Crippen molar-refractivity contribution in [2.45, 2.75) is 36.8 Å². The average molecular weight is 520 g/mol. The Balaban J connectivity index is 1.61. The van der Waals surface area contributed by atoms with E-state index in [1.165, 1.54) is 12.1 Å². The average Bonchev–Trinajstić information content (AvgIpc) is 3.24. The van der Waals surface area contributed by atoms with Gasteiger partial charge in [-0.1, -0.05) is 18.2 Å². The van der Waals surface area contributed by atoms with Gasteiger partial charge in [-0.05, 0) is 48.7 Å². The lowest BCUT2D eigenvalue weighted by Crippen LogP contribution is -2.52. The number of anilines is 1. The number of benzene rings is 2. The molecule has 2 heterocycles. The summed E-state index contributed by atoms with van der Waals surface area (Å²) in [6.07, 6.45) is -3.09. The first-order chi connectivity index (χ1) is 17.0. The zero-order valence-electron chi connectivity index (χ0n) is 18.9. The maximum absolute atomic E-state index is 13.7. The van der Waals surface area contributed by atoms with E-state index in [1.807, 2.05) is 0 Å². The first kappa shape index (κ1) is 24.5. The molecule has 1 aliphatic carbocycles. The Hall–Kier alpha value is -3.19. The van der Waals surface area contributed by atoms with Gasteiger partial charge in [-0.15, -0.1) is 24.5 Å². The van der Waals surface area contributed by atoms with Crippen molar-refractivity contribution in [1.29, 1.82) is 0 Å². The van der Waals surface area contributed by atoms with Crippen LogP contribution < -0.4 is 32.6 Å². The molecule has 3 atom stereocenters. The Bertz CT molecular complexity index is 1350. The minimum absolute atomic E-state index is 0.0537. The molecule has 2 aliphatic rings. The van der Waals surface area contributed by atoms with Crippen LogP contribution in [-0.4, -0.2) is 37.2 Å². The summed E-state index contributed by atoms with van der Waals surface area (Å²) in [4.78, 5) is 27.3. The normalized spacial score (nSPS) is 24.1. The Morgan fingerprint density at radius 1 is 1.19 bits per heavy atom. The molecule has 2 aromatic carbocycles. The fraction of sp³-hybridized carbons (Fsp3) is 0.333. The molecule has 8 nitrogen and oxygen atoms in total. The van der Waals surface area contributed by atoms with Crippen molar-refractivity contribution in [3.8, 4) is 5.75 Å². The van der Waals surface area contributed by atoms with Gasteiger partial charge in [0.2, 0.25) is 0 Å². The summed E-state index contributed by atoms with van der Waals surface area (Å²) in [5.41, 5.74) is 19.0. The molecule has 0 radical (unpaired) electrons. The molecule has 1 amide bonds. The number of piperidine rings is 1.